The Labute approximate surface area is 207 Å². The van der Waals surface area contributed by atoms with Gasteiger partial charge in [0.15, 0.2) is 0 Å². The molecule has 0 bridgehead atoms. The molecule has 2 heterocycles. The largest absolute Gasteiger partial charge is 0.458 e. The molecule has 3 aliphatic rings. The first-order valence-electron chi connectivity index (χ1n) is 12.9. The highest BCUT2D eigenvalue weighted by Gasteiger charge is 2.43. The molecule has 0 radical (unpaired) electrons. The Morgan fingerprint density at radius 3 is 2.60 bits per heavy atom. The number of ether oxygens (including phenoxy) is 1. The van der Waals surface area contributed by atoms with Crippen LogP contribution in [0.1, 0.15) is 57.6 Å². The van der Waals surface area contributed by atoms with Crippen LogP contribution < -0.4 is 5.01 Å². The maximum atomic E-state index is 13.7. The zero-order valence-electron chi connectivity index (χ0n) is 20.9. The number of carbonyl (C=O) groups is 2. The first-order chi connectivity index (χ1) is 16.9. The molecule has 6 heteroatoms. The van der Waals surface area contributed by atoms with Crippen molar-refractivity contribution in [1.29, 1.82) is 0 Å². The summed E-state index contributed by atoms with van der Waals surface area (Å²) in [5, 5.41) is 6.44. The number of fused-ring (bicyclic) bond motifs is 3. The second-order valence-corrected chi connectivity index (χ2v) is 10.7. The molecule has 184 valence electrons. The number of anilines is 1. The zero-order chi connectivity index (χ0) is 24.5. The monoisotopic (exact) mass is 473 g/mol. The first kappa shape index (κ1) is 23.6. The SMILES string of the molecule is CC(C)[C@@H]1CC[C@@H](C)C[C@H]1OC(=O)C1=NN2c3ccccc3CN(Cc3ccccc3)C(=O)[C@@H]2C1. The Balaban J connectivity index is 1.39. The summed E-state index contributed by atoms with van der Waals surface area (Å²) in [5.74, 6) is 0.987. The van der Waals surface area contributed by atoms with Gasteiger partial charge in [-0.05, 0) is 47.8 Å². The van der Waals surface area contributed by atoms with Crippen LogP contribution in [0.5, 0.6) is 0 Å². The smallest absolute Gasteiger partial charge is 0.354 e. The molecule has 0 aromatic heterocycles. The number of hydrogen-bond acceptors (Lipinski definition) is 5. The van der Waals surface area contributed by atoms with E-state index in [0.29, 0.717) is 36.6 Å². The standard InChI is InChI=1S/C29H35N3O3/c1-19(2)23-14-13-20(3)15-27(23)35-29(34)24-16-26-28(33)31(17-21-9-5-4-6-10-21)18-22-11-7-8-12-25(22)32(26)30-24/h4-12,19-20,23,26-27H,13-18H2,1-3H3/t20-,23+,26+,27-/m1/s1. The summed E-state index contributed by atoms with van der Waals surface area (Å²) in [7, 11) is 0. The number of carbonyl (C=O) groups excluding carboxylic acids is 2. The summed E-state index contributed by atoms with van der Waals surface area (Å²) in [6, 6.07) is 17.4. The molecule has 0 unspecified atom stereocenters. The van der Waals surface area contributed by atoms with Crippen molar-refractivity contribution in [3.63, 3.8) is 0 Å². The molecule has 0 saturated heterocycles. The average Bonchev–Trinajstić information content (AvgIpc) is 3.26. The van der Waals surface area contributed by atoms with Crippen molar-refractivity contribution in [1.82, 2.24) is 4.90 Å². The molecule has 35 heavy (non-hydrogen) atoms. The molecule has 5 rings (SSSR count). The van der Waals surface area contributed by atoms with Gasteiger partial charge in [0, 0.05) is 19.5 Å². The molecule has 1 aliphatic carbocycles. The predicted octanol–water partition coefficient (Wildman–Crippen LogP) is 5.17. The Morgan fingerprint density at radius 1 is 1.09 bits per heavy atom. The topological polar surface area (TPSA) is 62.2 Å². The van der Waals surface area contributed by atoms with Gasteiger partial charge in [-0.25, -0.2) is 4.79 Å². The molecular weight excluding hydrogens is 438 g/mol. The molecule has 2 aromatic carbocycles. The third-order valence-corrected chi connectivity index (χ3v) is 7.78. The van der Waals surface area contributed by atoms with Crippen LogP contribution >= 0.6 is 0 Å². The minimum Gasteiger partial charge on any atom is -0.458 e. The van der Waals surface area contributed by atoms with Crippen molar-refractivity contribution in [3.8, 4) is 0 Å². The van der Waals surface area contributed by atoms with Crippen molar-refractivity contribution < 1.29 is 14.3 Å². The van der Waals surface area contributed by atoms with Gasteiger partial charge in [0.1, 0.15) is 17.9 Å². The normalized spacial score (nSPS) is 26.2. The summed E-state index contributed by atoms with van der Waals surface area (Å²) in [6.45, 7) is 7.67. The Kier molecular flexibility index (Phi) is 6.63. The van der Waals surface area contributed by atoms with Gasteiger partial charge in [0.25, 0.3) is 0 Å². The predicted molar refractivity (Wildman–Crippen MR) is 137 cm³/mol. The van der Waals surface area contributed by atoms with E-state index in [1.54, 1.807) is 5.01 Å². The minimum absolute atomic E-state index is 0.0112. The fourth-order valence-corrected chi connectivity index (χ4v) is 5.80. The van der Waals surface area contributed by atoms with Gasteiger partial charge in [-0.3, -0.25) is 9.80 Å². The fourth-order valence-electron chi connectivity index (χ4n) is 5.80. The number of hydrogen-bond donors (Lipinski definition) is 0. The van der Waals surface area contributed by atoms with Crippen LogP contribution in [0.3, 0.4) is 0 Å². The first-order valence-corrected chi connectivity index (χ1v) is 12.9. The van der Waals surface area contributed by atoms with E-state index in [1.807, 2.05) is 59.5 Å². The molecule has 6 nitrogen and oxygen atoms in total. The quantitative estimate of drug-likeness (QED) is 0.562. The van der Waals surface area contributed by atoms with Crippen LogP contribution in [0.4, 0.5) is 5.69 Å². The Hall–Kier alpha value is -3.15. The number of para-hydroxylation sites is 1. The maximum absolute atomic E-state index is 13.7. The maximum Gasteiger partial charge on any atom is 0.354 e. The highest BCUT2D eigenvalue weighted by Crippen LogP contribution is 2.37. The number of benzene rings is 2. The minimum atomic E-state index is -0.531. The van der Waals surface area contributed by atoms with Crippen LogP contribution in [0.25, 0.3) is 0 Å². The third kappa shape index (κ3) is 4.84. The zero-order valence-corrected chi connectivity index (χ0v) is 20.9. The molecule has 1 fully saturated rings. The fraction of sp³-hybridized carbons (Fsp3) is 0.483. The summed E-state index contributed by atoms with van der Waals surface area (Å²) in [4.78, 5) is 28.9. The summed E-state index contributed by atoms with van der Waals surface area (Å²) in [6.07, 6.45) is 3.33. The third-order valence-electron chi connectivity index (χ3n) is 7.78. The second kappa shape index (κ2) is 9.84. The van der Waals surface area contributed by atoms with Crippen molar-refractivity contribution in [3.05, 3.63) is 65.7 Å². The Morgan fingerprint density at radius 2 is 1.83 bits per heavy atom. The number of esters is 1. The molecule has 0 N–H and O–H groups in total. The van der Waals surface area contributed by atoms with Crippen LogP contribution in [-0.2, 0) is 27.4 Å². The van der Waals surface area contributed by atoms with Gasteiger partial charge in [-0.1, -0.05) is 75.7 Å². The van der Waals surface area contributed by atoms with Crippen LogP contribution in [0.15, 0.2) is 59.7 Å². The Bertz CT molecular complexity index is 1110. The summed E-state index contributed by atoms with van der Waals surface area (Å²) < 4.78 is 6.08. The van der Waals surface area contributed by atoms with Crippen molar-refractivity contribution in [2.75, 3.05) is 5.01 Å². The molecule has 2 aliphatic heterocycles. The lowest BCUT2D eigenvalue weighted by atomic mass is 9.75. The van der Waals surface area contributed by atoms with Crippen LogP contribution in [0.2, 0.25) is 0 Å². The highest BCUT2D eigenvalue weighted by molar-refractivity contribution is 6.38. The lowest BCUT2D eigenvalue weighted by Gasteiger charge is -2.36. The molecule has 1 saturated carbocycles. The van der Waals surface area contributed by atoms with E-state index >= 15 is 0 Å². The highest BCUT2D eigenvalue weighted by atomic mass is 16.5. The van der Waals surface area contributed by atoms with Gasteiger partial charge in [0.05, 0.1) is 5.69 Å². The van der Waals surface area contributed by atoms with Gasteiger partial charge >= 0.3 is 5.97 Å². The summed E-state index contributed by atoms with van der Waals surface area (Å²) >= 11 is 0. The number of nitrogens with zero attached hydrogens (tertiary/aromatic N) is 3. The second-order valence-electron chi connectivity index (χ2n) is 10.7. The summed E-state index contributed by atoms with van der Waals surface area (Å²) in [5.41, 5.74) is 3.34. The average molecular weight is 474 g/mol. The number of amides is 1. The molecule has 1 amide bonds. The van der Waals surface area contributed by atoms with Crippen LogP contribution in [0, 0.1) is 17.8 Å². The van der Waals surface area contributed by atoms with Gasteiger partial charge in [-0.2, -0.15) is 5.10 Å². The van der Waals surface area contributed by atoms with E-state index in [0.717, 1.165) is 29.7 Å². The van der Waals surface area contributed by atoms with Gasteiger partial charge in [0.2, 0.25) is 5.91 Å². The lowest BCUT2D eigenvalue weighted by Crippen LogP contribution is -2.42. The number of rotatable bonds is 5. The van der Waals surface area contributed by atoms with E-state index in [-0.39, 0.29) is 24.4 Å². The van der Waals surface area contributed by atoms with Gasteiger partial charge < -0.3 is 9.64 Å². The number of hydrazone groups is 1. The van der Waals surface area contributed by atoms with E-state index in [4.69, 9.17) is 4.74 Å². The van der Waals surface area contributed by atoms with Gasteiger partial charge in [-0.15, -0.1) is 0 Å². The van der Waals surface area contributed by atoms with E-state index in [2.05, 4.69) is 25.9 Å². The molecule has 0 spiro atoms. The van der Waals surface area contributed by atoms with Crippen molar-refractivity contribution in [2.24, 2.45) is 22.9 Å². The lowest BCUT2D eigenvalue weighted by molar-refractivity contribution is -0.147. The molecular formula is C29H35N3O3. The van der Waals surface area contributed by atoms with Crippen molar-refractivity contribution >= 4 is 23.3 Å². The van der Waals surface area contributed by atoms with E-state index in [1.165, 1.54) is 6.42 Å². The van der Waals surface area contributed by atoms with Crippen LogP contribution in [-0.4, -0.2) is 34.6 Å². The van der Waals surface area contributed by atoms with E-state index < -0.39 is 6.04 Å². The molecule has 2 aromatic rings. The van der Waals surface area contributed by atoms with Crippen molar-refractivity contribution in [2.45, 2.75) is 71.7 Å². The molecule has 4 atom stereocenters. The van der Waals surface area contributed by atoms with E-state index in [9.17, 15) is 9.59 Å².